The number of amides is 6. The lowest BCUT2D eigenvalue weighted by atomic mass is 9.78. The van der Waals surface area contributed by atoms with E-state index < -0.39 is 125 Å². The summed E-state index contributed by atoms with van der Waals surface area (Å²) < 4.78 is 12.2. The van der Waals surface area contributed by atoms with Crippen LogP contribution in [0.5, 0.6) is 0 Å². The maximum absolute atomic E-state index is 15.1. The molecule has 23 nitrogen and oxygen atoms in total. The van der Waals surface area contributed by atoms with Crippen LogP contribution in [0.1, 0.15) is 127 Å². The Labute approximate surface area is 397 Å². The molecule has 5 aliphatic rings. The van der Waals surface area contributed by atoms with E-state index in [-0.39, 0.29) is 67.8 Å². The molecule has 0 aromatic carbocycles. The third-order valence-corrected chi connectivity index (χ3v) is 14.7. The standard InChI is InChI=1S/C45H76N8O15/c1-11-25(7)20-27-15-16-45(64,68-31(27)12-2)44(10,63)42(61)48-32-34(24(5)6)67-41(60)33(23(3)4)53(66)40(59)35-43(9,62)17-19-49(35)37(56)30-21-28(54)22-47-51(30)36(55)26(8)52(65)38(57)29-14-13-18-46-50(29)39(32)58/h23-35,46-47,54,62-66H,11-22H2,1-10H3,(H,48,61)/t25-,26-,27+,28+,29+,30+,31+,32-,33-,34-,35+,43+,44+,45+/m0/s1/i37+1,38+1. The Morgan fingerprint density at radius 1 is 0.882 bits per heavy atom. The zero-order valence-electron chi connectivity index (χ0n) is 41.1. The lowest BCUT2D eigenvalue weighted by Gasteiger charge is -2.48. The van der Waals surface area contributed by atoms with Gasteiger partial charge in [0.2, 0.25) is 11.7 Å². The van der Waals surface area contributed by atoms with Gasteiger partial charge in [-0.2, -0.15) is 0 Å². The molecular weight excluding hydrogens is 895 g/mol. The Balaban J connectivity index is 1.62. The number of aliphatic hydroxyl groups excluding tert-OH is 1. The Morgan fingerprint density at radius 3 is 2.13 bits per heavy atom. The van der Waals surface area contributed by atoms with Crippen LogP contribution in [0.4, 0.5) is 0 Å². The minimum Gasteiger partial charge on any atom is -0.458 e. The topological polar surface area (TPSA) is 312 Å². The predicted molar refractivity (Wildman–Crippen MR) is 237 cm³/mol. The molecule has 386 valence electrons. The number of β-amino-alcohol motifs (C(OH)–C–C–N with tert-alkyl or cyclic N) is 1. The molecule has 14 atom stereocenters. The van der Waals surface area contributed by atoms with Gasteiger partial charge in [0.05, 0.1) is 17.8 Å². The Morgan fingerprint density at radius 2 is 1.53 bits per heavy atom. The van der Waals surface area contributed by atoms with Crippen LogP contribution in [0.2, 0.25) is 0 Å². The van der Waals surface area contributed by atoms with Gasteiger partial charge in [-0.15, -0.1) is 0 Å². The molecule has 6 amide bonds. The number of nitrogens with zero attached hydrogens (tertiary/aromatic N) is 5. The van der Waals surface area contributed by atoms with Gasteiger partial charge >= 0.3 is 5.97 Å². The average molecular weight is 971 g/mol. The van der Waals surface area contributed by atoms with E-state index >= 15 is 4.79 Å². The zero-order chi connectivity index (χ0) is 51.0. The van der Waals surface area contributed by atoms with Crippen molar-refractivity contribution in [1.29, 1.82) is 0 Å². The summed E-state index contributed by atoms with van der Waals surface area (Å²) in [5.41, 5.74) is 0.710. The van der Waals surface area contributed by atoms with E-state index in [1.54, 1.807) is 0 Å². The SMILES string of the molecule is CC[C@H](C)C[C@H]1CC[C@](O)([C@](C)(O)C(=O)N[C@@H]2C(=O)N3NCCC[C@@H]3[13C](=O)N(O)[C@@H](C)C(=O)N3NC[C@H](O)C[C@@H]3[13C](=O)N3CC[C@@](C)(O)[C@H]3C(=O)N(O)[C@@H](C(C)C)C(=O)O[C@H]2C(C)C)O[C@@H]1CC. The van der Waals surface area contributed by atoms with Gasteiger partial charge in [-0.25, -0.2) is 25.8 Å². The van der Waals surface area contributed by atoms with Crippen LogP contribution in [0, 0.1) is 23.7 Å². The minimum atomic E-state index is -2.76. The number of aliphatic hydroxyl groups is 4. The highest BCUT2D eigenvalue weighted by molar-refractivity contribution is 5.98. The van der Waals surface area contributed by atoms with Crippen molar-refractivity contribution < 1.29 is 73.9 Å². The lowest BCUT2D eigenvalue weighted by molar-refractivity contribution is -0.329. The van der Waals surface area contributed by atoms with Gasteiger partial charge in [-0.1, -0.05) is 54.9 Å². The molecule has 5 fully saturated rings. The zero-order valence-corrected chi connectivity index (χ0v) is 41.1. The maximum Gasteiger partial charge on any atom is 0.332 e. The summed E-state index contributed by atoms with van der Waals surface area (Å²) in [6.45, 7) is 15.0. The minimum absolute atomic E-state index is 0.0101. The number of hydroxylamine groups is 4. The number of hydrogen-bond donors (Lipinski definition) is 9. The normalized spacial score (nSPS) is 36.6. The quantitative estimate of drug-likeness (QED) is 0.0784. The molecule has 0 spiro atoms. The van der Waals surface area contributed by atoms with E-state index in [1.165, 1.54) is 34.6 Å². The highest BCUT2D eigenvalue weighted by Crippen LogP contribution is 2.42. The predicted octanol–water partition coefficient (Wildman–Crippen LogP) is -0.704. The molecular formula is C45H76N8O15. The first kappa shape index (κ1) is 54.9. The van der Waals surface area contributed by atoms with Crippen LogP contribution >= 0.6 is 0 Å². The van der Waals surface area contributed by atoms with Crippen LogP contribution in [-0.2, 0) is 43.0 Å². The van der Waals surface area contributed by atoms with E-state index in [9.17, 15) is 59.6 Å². The van der Waals surface area contributed by atoms with E-state index in [1.807, 2.05) is 6.92 Å². The first-order valence-corrected chi connectivity index (χ1v) is 24.2. The molecule has 5 rings (SSSR count). The van der Waals surface area contributed by atoms with E-state index in [0.29, 0.717) is 18.8 Å². The van der Waals surface area contributed by atoms with Crippen molar-refractivity contribution in [2.45, 2.75) is 199 Å². The highest BCUT2D eigenvalue weighted by Gasteiger charge is 2.59. The Kier molecular flexibility index (Phi) is 17.4. The fourth-order valence-electron chi connectivity index (χ4n) is 10.1. The van der Waals surface area contributed by atoms with Crippen molar-refractivity contribution in [2.24, 2.45) is 23.7 Å². The van der Waals surface area contributed by atoms with Crippen molar-refractivity contribution in [3.63, 3.8) is 0 Å². The summed E-state index contributed by atoms with van der Waals surface area (Å²) in [7, 11) is 0. The summed E-state index contributed by atoms with van der Waals surface area (Å²) in [5, 5.41) is 73.8. The molecule has 0 unspecified atom stereocenters. The molecule has 5 aliphatic heterocycles. The molecule has 9 N–H and O–H groups in total. The van der Waals surface area contributed by atoms with Crippen LogP contribution < -0.4 is 16.2 Å². The van der Waals surface area contributed by atoms with Gasteiger partial charge in [-0.3, -0.25) is 49.2 Å². The number of rotatable bonds is 9. The fourth-order valence-corrected chi connectivity index (χ4v) is 10.1. The molecule has 0 bridgehead atoms. The molecule has 68 heavy (non-hydrogen) atoms. The van der Waals surface area contributed by atoms with Crippen molar-refractivity contribution in [3.8, 4) is 0 Å². The second-order valence-electron chi connectivity index (χ2n) is 20.6. The van der Waals surface area contributed by atoms with Crippen molar-refractivity contribution in [1.82, 2.24) is 41.2 Å². The van der Waals surface area contributed by atoms with Gasteiger partial charge in [0, 0.05) is 32.5 Å². The monoisotopic (exact) mass is 971 g/mol. The number of hydrazine groups is 2. The third-order valence-electron chi connectivity index (χ3n) is 14.7. The number of fused-ring (bicyclic) bond motifs is 3. The first-order chi connectivity index (χ1) is 31.6. The molecule has 5 saturated heterocycles. The summed E-state index contributed by atoms with van der Waals surface area (Å²) >= 11 is 0. The largest absolute Gasteiger partial charge is 0.458 e. The number of hydrogen-bond acceptors (Lipinski definition) is 17. The van der Waals surface area contributed by atoms with E-state index in [2.05, 4.69) is 30.0 Å². The summed E-state index contributed by atoms with van der Waals surface area (Å²) in [4.78, 5) is 103. The van der Waals surface area contributed by atoms with Crippen LogP contribution in [0.3, 0.4) is 0 Å². The highest BCUT2D eigenvalue weighted by atomic mass is 16.7. The number of nitrogens with one attached hydrogen (secondary N) is 3. The van der Waals surface area contributed by atoms with Gasteiger partial charge in [0.15, 0.2) is 11.6 Å². The number of esters is 1. The second-order valence-corrected chi connectivity index (χ2v) is 20.6. The number of ether oxygens (including phenoxy) is 2. The second kappa shape index (κ2) is 21.5. The number of carbonyl (C=O) groups excluding carboxylic acids is 7. The Bertz CT molecular complexity index is 1890. The first-order valence-electron chi connectivity index (χ1n) is 24.2. The number of carbonyl (C=O) groups is 7. The van der Waals surface area contributed by atoms with Crippen LogP contribution in [0.25, 0.3) is 0 Å². The fraction of sp³-hybridized carbons (Fsp3) is 0.844. The average Bonchev–Trinajstić information content (AvgIpc) is 3.62. The van der Waals surface area contributed by atoms with E-state index in [0.717, 1.165) is 41.6 Å². The Hall–Kier alpha value is -4.07. The van der Waals surface area contributed by atoms with Crippen LogP contribution in [0.15, 0.2) is 0 Å². The lowest BCUT2D eigenvalue weighted by Crippen LogP contribution is -2.70. The molecule has 23 heteroatoms. The molecule has 0 aromatic heterocycles. The van der Waals surface area contributed by atoms with Crippen molar-refractivity contribution in [2.75, 3.05) is 19.6 Å². The van der Waals surface area contributed by atoms with Gasteiger partial charge in [0.25, 0.3) is 29.5 Å². The summed E-state index contributed by atoms with van der Waals surface area (Å²) in [6.07, 6.45) is -1.48. The molecule has 0 aromatic rings. The molecule has 0 radical (unpaired) electrons. The van der Waals surface area contributed by atoms with Gasteiger partial charge in [0.1, 0.15) is 36.3 Å². The third kappa shape index (κ3) is 10.8. The van der Waals surface area contributed by atoms with E-state index in [4.69, 9.17) is 9.47 Å². The van der Waals surface area contributed by atoms with Gasteiger partial charge < -0.3 is 40.1 Å². The molecule has 0 aliphatic carbocycles. The molecule has 5 heterocycles. The van der Waals surface area contributed by atoms with Crippen molar-refractivity contribution >= 4 is 41.4 Å². The number of cyclic esters (lactones) is 1. The summed E-state index contributed by atoms with van der Waals surface area (Å²) in [5.74, 6) is -12.1. The van der Waals surface area contributed by atoms with Crippen molar-refractivity contribution in [3.05, 3.63) is 0 Å². The van der Waals surface area contributed by atoms with Crippen LogP contribution in [-0.4, -0.2) is 188 Å². The van der Waals surface area contributed by atoms with Gasteiger partial charge in [-0.05, 0) is 83.0 Å². The maximum atomic E-state index is 15.1. The summed E-state index contributed by atoms with van der Waals surface area (Å²) in [6, 6.07) is -10.6. The molecule has 0 saturated carbocycles. The smallest absolute Gasteiger partial charge is 0.332 e.